The first kappa shape index (κ1) is 26.3. The third kappa shape index (κ3) is 6.15. The van der Waals surface area contributed by atoms with Crippen molar-refractivity contribution in [3.05, 3.63) is 69.9 Å². The number of alkyl halides is 3. The summed E-state index contributed by atoms with van der Waals surface area (Å²) in [5.41, 5.74) is -0.555. The number of halogens is 3. The summed E-state index contributed by atoms with van der Waals surface area (Å²) in [4.78, 5) is 34.6. The average molecular weight is 518 g/mol. The van der Waals surface area contributed by atoms with Crippen molar-refractivity contribution >= 4 is 11.6 Å². The molecule has 0 radical (unpaired) electrons. The molecule has 0 spiro atoms. The van der Waals surface area contributed by atoms with E-state index in [0.717, 1.165) is 25.2 Å². The molecule has 9 nitrogen and oxygen atoms in total. The summed E-state index contributed by atoms with van der Waals surface area (Å²) in [7, 11) is 3.99. The van der Waals surface area contributed by atoms with Gasteiger partial charge in [-0.2, -0.15) is 13.2 Å². The molecule has 0 atom stereocenters. The van der Waals surface area contributed by atoms with Gasteiger partial charge in [-0.25, -0.2) is 4.98 Å². The van der Waals surface area contributed by atoms with Gasteiger partial charge >= 0.3 is 6.18 Å². The molecule has 0 saturated carbocycles. The van der Waals surface area contributed by atoms with Crippen molar-refractivity contribution in [3.8, 4) is 22.8 Å². The van der Waals surface area contributed by atoms with Gasteiger partial charge in [0.15, 0.2) is 11.5 Å². The van der Waals surface area contributed by atoms with Crippen LogP contribution in [0, 0.1) is 10.1 Å². The van der Waals surface area contributed by atoms with Gasteiger partial charge in [0.1, 0.15) is 0 Å². The number of likely N-dealkylation sites (N-methyl/N-ethyl adjacent to an activating group) is 1. The molecule has 1 aromatic heterocycles. The third-order valence-corrected chi connectivity index (χ3v) is 6.13. The fraction of sp³-hybridized carbons (Fsp3) is 0.360. The molecule has 1 fully saturated rings. The van der Waals surface area contributed by atoms with E-state index in [2.05, 4.69) is 14.8 Å². The Morgan fingerprint density at radius 2 is 1.76 bits per heavy atom. The molecule has 0 unspecified atom stereocenters. The van der Waals surface area contributed by atoms with Crippen LogP contribution in [0.2, 0.25) is 0 Å². The first-order chi connectivity index (χ1) is 17.5. The number of hydrogen-bond donors (Lipinski definition) is 0. The number of amides is 1. The fourth-order valence-corrected chi connectivity index (χ4v) is 4.01. The maximum absolute atomic E-state index is 13.5. The van der Waals surface area contributed by atoms with Crippen LogP contribution in [0.25, 0.3) is 22.8 Å². The molecule has 2 heterocycles. The Bertz CT molecular complexity index is 1270. The zero-order valence-electron chi connectivity index (χ0n) is 20.4. The number of benzene rings is 2. The van der Waals surface area contributed by atoms with Crippen LogP contribution in [0.1, 0.15) is 16.1 Å². The Kier molecular flexibility index (Phi) is 7.60. The van der Waals surface area contributed by atoms with Crippen LogP contribution in [-0.2, 0) is 6.18 Å². The molecule has 37 heavy (non-hydrogen) atoms. The second kappa shape index (κ2) is 10.7. The Balaban J connectivity index is 1.66. The number of aromatic nitrogens is 1. The molecule has 12 heteroatoms. The minimum atomic E-state index is -4.50. The Morgan fingerprint density at radius 1 is 1.08 bits per heavy atom. The second-order valence-electron chi connectivity index (χ2n) is 9.02. The first-order valence-corrected chi connectivity index (χ1v) is 11.6. The van der Waals surface area contributed by atoms with Crippen molar-refractivity contribution in [1.29, 1.82) is 0 Å². The van der Waals surface area contributed by atoms with E-state index in [9.17, 15) is 28.1 Å². The standard InChI is InChI=1S/C25H26F3N5O4/c1-30(2)10-11-31-12-14-32(15-13-31)24(34)21-22(18-4-3-5-20(16-18)33(35)36)37-23(29-21)17-6-8-19(9-7-17)25(26,27)28/h3-9,16H,10-15H2,1-2H3. The van der Waals surface area contributed by atoms with E-state index in [1.54, 1.807) is 11.0 Å². The zero-order chi connectivity index (χ0) is 26.7. The number of carbonyl (C=O) groups is 1. The molecule has 1 amide bonds. The third-order valence-electron chi connectivity index (χ3n) is 6.13. The number of oxazole rings is 1. The van der Waals surface area contributed by atoms with Crippen LogP contribution >= 0.6 is 0 Å². The van der Waals surface area contributed by atoms with Crippen molar-refractivity contribution in [2.24, 2.45) is 0 Å². The van der Waals surface area contributed by atoms with Gasteiger partial charge < -0.3 is 14.2 Å². The van der Waals surface area contributed by atoms with Gasteiger partial charge in [-0.15, -0.1) is 0 Å². The minimum Gasteiger partial charge on any atom is -0.435 e. The molecular formula is C25H26F3N5O4. The van der Waals surface area contributed by atoms with Gasteiger partial charge in [0.05, 0.1) is 10.5 Å². The van der Waals surface area contributed by atoms with E-state index < -0.39 is 22.6 Å². The van der Waals surface area contributed by atoms with Crippen LogP contribution in [-0.4, -0.2) is 83.9 Å². The Hall–Kier alpha value is -3.77. The van der Waals surface area contributed by atoms with Crippen molar-refractivity contribution in [3.63, 3.8) is 0 Å². The van der Waals surface area contributed by atoms with Gasteiger partial charge in [0.2, 0.25) is 5.89 Å². The summed E-state index contributed by atoms with van der Waals surface area (Å²) < 4.78 is 44.8. The molecule has 196 valence electrons. The summed E-state index contributed by atoms with van der Waals surface area (Å²) in [6.07, 6.45) is -4.50. The van der Waals surface area contributed by atoms with E-state index in [-0.39, 0.29) is 34.2 Å². The molecule has 3 aromatic rings. The minimum absolute atomic E-state index is 0.0265. The fourth-order valence-electron chi connectivity index (χ4n) is 4.01. The zero-order valence-corrected chi connectivity index (χ0v) is 20.4. The molecule has 1 aliphatic rings. The molecule has 0 aliphatic carbocycles. The van der Waals surface area contributed by atoms with Crippen LogP contribution < -0.4 is 0 Å². The molecule has 0 bridgehead atoms. The van der Waals surface area contributed by atoms with E-state index >= 15 is 0 Å². The van der Waals surface area contributed by atoms with Crippen molar-refractivity contribution in [2.45, 2.75) is 6.18 Å². The van der Waals surface area contributed by atoms with Crippen LogP contribution in [0.5, 0.6) is 0 Å². The summed E-state index contributed by atoms with van der Waals surface area (Å²) in [5.74, 6) is -0.433. The highest BCUT2D eigenvalue weighted by atomic mass is 19.4. The predicted molar refractivity (Wildman–Crippen MR) is 130 cm³/mol. The maximum Gasteiger partial charge on any atom is 0.416 e. The quantitative estimate of drug-likeness (QED) is 0.341. The van der Waals surface area contributed by atoms with Crippen molar-refractivity contribution in [2.75, 3.05) is 53.4 Å². The number of hydrogen-bond acceptors (Lipinski definition) is 7. The SMILES string of the molecule is CN(C)CCN1CCN(C(=O)c2nc(-c3ccc(C(F)(F)F)cc3)oc2-c2cccc([N+](=O)[O-])c2)CC1. The lowest BCUT2D eigenvalue weighted by Gasteiger charge is -2.34. The van der Waals surface area contributed by atoms with Gasteiger partial charge in [-0.3, -0.25) is 19.8 Å². The Labute approximate surface area is 211 Å². The smallest absolute Gasteiger partial charge is 0.416 e. The van der Waals surface area contributed by atoms with Crippen LogP contribution in [0.15, 0.2) is 52.9 Å². The van der Waals surface area contributed by atoms with E-state index in [4.69, 9.17) is 4.42 Å². The van der Waals surface area contributed by atoms with E-state index in [0.29, 0.717) is 26.2 Å². The summed E-state index contributed by atoms with van der Waals surface area (Å²) in [6, 6.07) is 9.83. The van der Waals surface area contributed by atoms with Gasteiger partial charge in [-0.1, -0.05) is 12.1 Å². The summed E-state index contributed by atoms with van der Waals surface area (Å²) in [6.45, 7) is 4.04. The van der Waals surface area contributed by atoms with E-state index in [1.807, 2.05) is 14.1 Å². The lowest BCUT2D eigenvalue weighted by molar-refractivity contribution is -0.384. The normalized spacial score (nSPS) is 14.8. The summed E-state index contributed by atoms with van der Waals surface area (Å²) in [5, 5.41) is 11.3. The highest BCUT2D eigenvalue weighted by Crippen LogP contribution is 2.34. The number of rotatable bonds is 7. The molecular weight excluding hydrogens is 491 g/mol. The van der Waals surface area contributed by atoms with Crippen molar-refractivity contribution in [1.82, 2.24) is 19.7 Å². The summed E-state index contributed by atoms with van der Waals surface area (Å²) >= 11 is 0. The van der Waals surface area contributed by atoms with Crippen molar-refractivity contribution < 1.29 is 27.3 Å². The number of nitrogens with zero attached hydrogens (tertiary/aromatic N) is 5. The number of piperazine rings is 1. The van der Waals surface area contributed by atoms with Gasteiger partial charge in [0, 0.05) is 62.5 Å². The monoisotopic (exact) mass is 517 g/mol. The Morgan fingerprint density at radius 3 is 2.35 bits per heavy atom. The lowest BCUT2D eigenvalue weighted by atomic mass is 10.1. The van der Waals surface area contributed by atoms with Gasteiger partial charge in [-0.05, 0) is 38.4 Å². The number of nitro groups is 1. The lowest BCUT2D eigenvalue weighted by Crippen LogP contribution is -2.50. The highest BCUT2D eigenvalue weighted by molar-refractivity contribution is 5.98. The van der Waals surface area contributed by atoms with Crippen LogP contribution in [0.4, 0.5) is 18.9 Å². The van der Waals surface area contributed by atoms with Gasteiger partial charge in [0.25, 0.3) is 11.6 Å². The highest BCUT2D eigenvalue weighted by Gasteiger charge is 2.32. The molecule has 2 aromatic carbocycles. The molecule has 0 N–H and O–H groups in total. The number of nitro benzene ring substituents is 1. The predicted octanol–water partition coefficient (Wildman–Crippen LogP) is 4.26. The van der Waals surface area contributed by atoms with Crippen LogP contribution in [0.3, 0.4) is 0 Å². The largest absolute Gasteiger partial charge is 0.435 e. The molecule has 1 aliphatic heterocycles. The van der Waals surface area contributed by atoms with E-state index in [1.165, 1.54) is 30.3 Å². The number of non-ortho nitro benzene ring substituents is 1. The second-order valence-corrected chi connectivity index (χ2v) is 9.02. The number of carbonyl (C=O) groups excluding carboxylic acids is 1. The molecule has 1 saturated heterocycles. The topological polar surface area (TPSA) is 96.0 Å². The average Bonchev–Trinajstić information content (AvgIpc) is 3.32. The molecule has 4 rings (SSSR count). The maximum atomic E-state index is 13.5. The first-order valence-electron chi connectivity index (χ1n) is 11.6.